The summed E-state index contributed by atoms with van der Waals surface area (Å²) in [5, 5.41) is 1.27. The van der Waals surface area contributed by atoms with Crippen LogP contribution >= 0.6 is 12.4 Å². The normalized spacial score (nSPS) is 19.0. The third-order valence-electron chi connectivity index (χ3n) is 4.93. The number of piperidine rings is 1. The maximum Gasteiger partial charge on any atom is 0.179 e. The Labute approximate surface area is 137 Å². The zero-order valence-electron chi connectivity index (χ0n) is 12.9. The van der Waals surface area contributed by atoms with Crippen LogP contribution in [0.4, 0.5) is 0 Å². The molecule has 22 heavy (non-hydrogen) atoms. The molecule has 4 rings (SSSR count). The van der Waals surface area contributed by atoms with Crippen molar-refractivity contribution in [2.45, 2.75) is 45.1 Å². The lowest BCUT2D eigenvalue weighted by Crippen LogP contribution is -2.29. The van der Waals surface area contributed by atoms with Gasteiger partial charge in [0, 0.05) is 23.9 Å². The molecule has 0 atom stereocenters. The summed E-state index contributed by atoms with van der Waals surface area (Å²) in [6.07, 6.45) is 6.76. The van der Waals surface area contributed by atoms with Gasteiger partial charge in [-0.25, -0.2) is 0 Å². The van der Waals surface area contributed by atoms with Crippen molar-refractivity contribution < 1.29 is 4.79 Å². The van der Waals surface area contributed by atoms with E-state index >= 15 is 0 Å². The summed E-state index contributed by atoms with van der Waals surface area (Å²) in [7, 11) is 0. The fourth-order valence-corrected chi connectivity index (χ4v) is 3.82. The fraction of sp³-hybridized carbons (Fsp3) is 0.500. The highest BCUT2D eigenvalue weighted by molar-refractivity contribution is 6.03. The van der Waals surface area contributed by atoms with Crippen LogP contribution in [0.25, 0.3) is 10.9 Å². The second-order valence-corrected chi connectivity index (χ2v) is 6.47. The first-order valence-electron chi connectivity index (χ1n) is 8.20. The van der Waals surface area contributed by atoms with Crippen molar-refractivity contribution in [1.29, 1.82) is 0 Å². The summed E-state index contributed by atoms with van der Waals surface area (Å²) in [6, 6.07) is 6.67. The summed E-state index contributed by atoms with van der Waals surface area (Å²) < 4.78 is 0. The van der Waals surface area contributed by atoms with Crippen LogP contribution in [0, 0.1) is 0 Å². The standard InChI is InChI=1S/C18H22N2O.ClH/c21-17-6-4-5-14-15-11-13(7-8-16(15)19-18(14)17)12-20-9-2-1-3-10-20;/h7-8,11,19H,1-6,9-10,12H2;1H. The largest absolute Gasteiger partial charge is 0.352 e. The molecule has 3 nitrogen and oxygen atoms in total. The van der Waals surface area contributed by atoms with E-state index in [2.05, 4.69) is 28.1 Å². The number of hydrogen-bond donors (Lipinski definition) is 1. The zero-order chi connectivity index (χ0) is 14.2. The van der Waals surface area contributed by atoms with Gasteiger partial charge in [-0.2, -0.15) is 0 Å². The summed E-state index contributed by atoms with van der Waals surface area (Å²) in [4.78, 5) is 17.9. The van der Waals surface area contributed by atoms with E-state index in [1.54, 1.807) is 0 Å². The number of benzene rings is 1. The molecule has 1 aliphatic heterocycles. The van der Waals surface area contributed by atoms with Crippen LogP contribution in [-0.4, -0.2) is 28.8 Å². The number of nitrogens with one attached hydrogen (secondary N) is 1. The van der Waals surface area contributed by atoms with Gasteiger partial charge in [0.1, 0.15) is 0 Å². The van der Waals surface area contributed by atoms with E-state index in [1.165, 1.54) is 48.9 Å². The van der Waals surface area contributed by atoms with Crippen LogP contribution in [0.15, 0.2) is 18.2 Å². The summed E-state index contributed by atoms with van der Waals surface area (Å²) in [5.74, 6) is 0.282. The van der Waals surface area contributed by atoms with E-state index in [-0.39, 0.29) is 18.2 Å². The van der Waals surface area contributed by atoms with E-state index in [0.717, 1.165) is 30.6 Å². The van der Waals surface area contributed by atoms with Crippen molar-refractivity contribution >= 4 is 29.1 Å². The number of aromatic nitrogens is 1. The topological polar surface area (TPSA) is 36.1 Å². The van der Waals surface area contributed by atoms with Gasteiger partial charge in [0.05, 0.1) is 5.69 Å². The van der Waals surface area contributed by atoms with Gasteiger partial charge < -0.3 is 4.98 Å². The molecule has 0 unspecified atom stereocenters. The van der Waals surface area contributed by atoms with Crippen molar-refractivity contribution in [1.82, 2.24) is 9.88 Å². The number of aryl methyl sites for hydroxylation is 1. The molecule has 0 radical (unpaired) electrons. The molecule has 2 aliphatic rings. The van der Waals surface area contributed by atoms with Gasteiger partial charge >= 0.3 is 0 Å². The van der Waals surface area contributed by atoms with Crippen LogP contribution < -0.4 is 0 Å². The van der Waals surface area contributed by atoms with Crippen molar-refractivity contribution in [2.24, 2.45) is 0 Å². The number of nitrogens with zero attached hydrogens (tertiary/aromatic N) is 1. The molecule has 2 heterocycles. The second-order valence-electron chi connectivity index (χ2n) is 6.47. The van der Waals surface area contributed by atoms with Gasteiger partial charge in [0.2, 0.25) is 0 Å². The lowest BCUT2D eigenvalue weighted by molar-refractivity contribution is 0.0968. The van der Waals surface area contributed by atoms with Crippen LogP contribution in [0.5, 0.6) is 0 Å². The molecule has 1 aliphatic carbocycles. The van der Waals surface area contributed by atoms with Crippen molar-refractivity contribution in [3.8, 4) is 0 Å². The molecule has 0 amide bonds. The summed E-state index contributed by atoms with van der Waals surface area (Å²) in [6.45, 7) is 3.49. The quantitative estimate of drug-likeness (QED) is 0.905. The Bertz CT molecular complexity index is 686. The van der Waals surface area contributed by atoms with Gasteiger partial charge in [-0.05, 0) is 62.0 Å². The number of halogens is 1. The van der Waals surface area contributed by atoms with Crippen molar-refractivity contribution in [2.75, 3.05) is 13.1 Å². The molecule has 0 bridgehead atoms. The van der Waals surface area contributed by atoms with E-state index in [4.69, 9.17) is 0 Å². The highest BCUT2D eigenvalue weighted by Gasteiger charge is 2.22. The number of fused-ring (bicyclic) bond motifs is 3. The van der Waals surface area contributed by atoms with E-state index in [9.17, 15) is 4.79 Å². The molecule has 1 saturated heterocycles. The first-order valence-corrected chi connectivity index (χ1v) is 8.20. The molecule has 1 aromatic heterocycles. The van der Waals surface area contributed by atoms with E-state index < -0.39 is 0 Å². The zero-order valence-corrected chi connectivity index (χ0v) is 13.7. The molecule has 1 fully saturated rings. The maximum atomic E-state index is 12.0. The molecular weight excluding hydrogens is 296 g/mol. The average molecular weight is 319 g/mol. The molecule has 1 aromatic carbocycles. The van der Waals surface area contributed by atoms with E-state index in [0.29, 0.717) is 6.42 Å². The molecule has 118 valence electrons. The third kappa shape index (κ3) is 2.80. The molecule has 2 aromatic rings. The monoisotopic (exact) mass is 318 g/mol. The predicted molar refractivity (Wildman–Crippen MR) is 91.9 cm³/mol. The first kappa shape index (κ1) is 15.6. The second kappa shape index (κ2) is 6.43. The van der Waals surface area contributed by atoms with Gasteiger partial charge in [-0.15, -0.1) is 12.4 Å². The number of H-pyrrole nitrogens is 1. The lowest BCUT2D eigenvalue weighted by Gasteiger charge is -2.26. The van der Waals surface area contributed by atoms with Crippen molar-refractivity contribution in [3.63, 3.8) is 0 Å². The Morgan fingerprint density at radius 3 is 2.68 bits per heavy atom. The van der Waals surface area contributed by atoms with Crippen LogP contribution in [0.2, 0.25) is 0 Å². The Kier molecular flexibility index (Phi) is 4.55. The number of Topliss-reactive ketones (excluding diaryl/α,β-unsaturated/α-hetero) is 1. The SMILES string of the molecule is Cl.O=C1CCCc2c1[nH]c1ccc(CN3CCCCC3)cc21. The number of ketones is 1. The minimum Gasteiger partial charge on any atom is -0.352 e. The number of likely N-dealkylation sites (tertiary alicyclic amines) is 1. The Hall–Kier alpha value is -1.32. The Balaban J connectivity index is 0.00000144. The van der Waals surface area contributed by atoms with Gasteiger partial charge in [0.15, 0.2) is 5.78 Å². The smallest absolute Gasteiger partial charge is 0.179 e. The highest BCUT2D eigenvalue weighted by atomic mass is 35.5. The minimum atomic E-state index is 0. The molecular formula is C18H23ClN2O. The number of rotatable bonds is 2. The lowest BCUT2D eigenvalue weighted by atomic mass is 9.94. The van der Waals surface area contributed by atoms with Crippen molar-refractivity contribution in [3.05, 3.63) is 35.0 Å². The number of carbonyl (C=O) groups is 1. The predicted octanol–water partition coefficient (Wildman–Crippen LogP) is 4.09. The Morgan fingerprint density at radius 2 is 1.86 bits per heavy atom. The number of aromatic amines is 1. The van der Waals surface area contributed by atoms with Crippen LogP contribution in [0.1, 0.15) is 53.7 Å². The molecule has 4 heteroatoms. The summed E-state index contributed by atoms with van der Waals surface area (Å²) in [5.41, 5.74) is 4.62. The van der Waals surface area contributed by atoms with E-state index in [1.807, 2.05) is 0 Å². The van der Waals surface area contributed by atoms with Crippen LogP contribution in [-0.2, 0) is 13.0 Å². The van der Waals surface area contributed by atoms with Gasteiger partial charge in [-0.1, -0.05) is 12.5 Å². The van der Waals surface area contributed by atoms with Gasteiger partial charge in [0.25, 0.3) is 0 Å². The minimum absolute atomic E-state index is 0. The maximum absolute atomic E-state index is 12.0. The molecule has 0 spiro atoms. The van der Waals surface area contributed by atoms with Gasteiger partial charge in [-0.3, -0.25) is 9.69 Å². The number of carbonyl (C=O) groups excluding carboxylic acids is 1. The molecule has 1 N–H and O–H groups in total. The highest BCUT2D eigenvalue weighted by Crippen LogP contribution is 2.30. The third-order valence-corrected chi connectivity index (χ3v) is 4.93. The average Bonchev–Trinajstić information content (AvgIpc) is 2.88. The van der Waals surface area contributed by atoms with Crippen LogP contribution in [0.3, 0.4) is 0 Å². The molecule has 0 saturated carbocycles. The summed E-state index contributed by atoms with van der Waals surface area (Å²) >= 11 is 0. The fourth-order valence-electron chi connectivity index (χ4n) is 3.82. The number of hydrogen-bond acceptors (Lipinski definition) is 2. The first-order chi connectivity index (χ1) is 10.3. The Morgan fingerprint density at radius 1 is 1.05 bits per heavy atom.